The molecule has 2 rings (SSSR count). The molecule has 3 N–H and O–H groups in total. The van der Waals surface area contributed by atoms with Gasteiger partial charge in [-0.05, 0) is 37.5 Å². The van der Waals surface area contributed by atoms with E-state index in [1.807, 2.05) is 6.92 Å². The van der Waals surface area contributed by atoms with Crippen LogP contribution in [0.5, 0.6) is 0 Å². The number of aryl methyl sites for hydroxylation is 2. The Bertz CT molecular complexity index is 542. The maximum absolute atomic E-state index is 12.1. The monoisotopic (exact) mass is 290 g/mol. The minimum absolute atomic E-state index is 0.00886. The molecule has 1 aliphatic heterocycles. The van der Waals surface area contributed by atoms with Gasteiger partial charge in [0.2, 0.25) is 0 Å². The third kappa shape index (κ3) is 4.29. The molecular formula is C16H24N3O2+. The van der Waals surface area contributed by atoms with Crippen molar-refractivity contribution in [2.75, 3.05) is 26.2 Å². The number of benzene rings is 1. The molecule has 1 unspecified atom stereocenters. The molecule has 0 saturated carbocycles. The quantitative estimate of drug-likeness (QED) is 0.700. The number of quaternary nitrogens is 1. The first kappa shape index (κ1) is 15.5. The molecule has 0 radical (unpaired) electrons. The normalized spacial score (nSPS) is 19.8. The summed E-state index contributed by atoms with van der Waals surface area (Å²) in [6.07, 6.45) is 0. The molecule has 114 valence electrons. The topological polar surface area (TPSA) is 62.6 Å². The number of rotatable bonds is 4. The first-order valence-corrected chi connectivity index (χ1v) is 7.42. The predicted octanol–water partition coefficient (Wildman–Crippen LogP) is -0.505. The molecule has 1 aliphatic rings. The maximum atomic E-state index is 12.1. The summed E-state index contributed by atoms with van der Waals surface area (Å²) in [6.45, 7) is 8.32. The lowest BCUT2D eigenvalue weighted by Gasteiger charge is -2.24. The Hall–Kier alpha value is -1.88. The SMILES string of the molecule is Cc1ccc([C@H](C)NC(=O)C[NH+]2CCNC(=O)C2)cc1C. The van der Waals surface area contributed by atoms with Crippen LogP contribution in [0.2, 0.25) is 0 Å². The summed E-state index contributed by atoms with van der Waals surface area (Å²) in [5, 5.41) is 5.79. The van der Waals surface area contributed by atoms with E-state index in [4.69, 9.17) is 0 Å². The van der Waals surface area contributed by atoms with Crippen LogP contribution in [0.25, 0.3) is 0 Å². The molecule has 2 amide bonds. The van der Waals surface area contributed by atoms with Crippen LogP contribution in [-0.4, -0.2) is 38.0 Å². The van der Waals surface area contributed by atoms with Crippen LogP contribution in [-0.2, 0) is 9.59 Å². The van der Waals surface area contributed by atoms with E-state index >= 15 is 0 Å². The van der Waals surface area contributed by atoms with Crippen molar-refractivity contribution >= 4 is 11.8 Å². The highest BCUT2D eigenvalue weighted by Crippen LogP contribution is 2.16. The highest BCUT2D eigenvalue weighted by Gasteiger charge is 2.22. The van der Waals surface area contributed by atoms with Crippen molar-refractivity contribution < 1.29 is 14.5 Å². The Morgan fingerprint density at radius 1 is 1.38 bits per heavy atom. The van der Waals surface area contributed by atoms with Crippen molar-refractivity contribution in [3.8, 4) is 0 Å². The van der Waals surface area contributed by atoms with Crippen LogP contribution in [0.15, 0.2) is 18.2 Å². The Balaban J connectivity index is 1.89. The summed E-state index contributed by atoms with van der Waals surface area (Å²) >= 11 is 0. The van der Waals surface area contributed by atoms with E-state index in [9.17, 15) is 9.59 Å². The Kier molecular flexibility index (Phi) is 4.96. The fraction of sp³-hybridized carbons (Fsp3) is 0.500. The molecule has 1 heterocycles. The van der Waals surface area contributed by atoms with Crippen molar-refractivity contribution in [3.05, 3.63) is 34.9 Å². The number of hydrogen-bond donors (Lipinski definition) is 3. The van der Waals surface area contributed by atoms with E-state index in [0.717, 1.165) is 17.0 Å². The molecular weight excluding hydrogens is 266 g/mol. The van der Waals surface area contributed by atoms with Crippen molar-refractivity contribution in [3.63, 3.8) is 0 Å². The van der Waals surface area contributed by atoms with Gasteiger partial charge in [0.15, 0.2) is 13.1 Å². The number of carbonyl (C=O) groups is 2. The number of carbonyl (C=O) groups excluding carboxylic acids is 2. The third-order valence-electron chi connectivity index (χ3n) is 4.03. The fourth-order valence-electron chi connectivity index (χ4n) is 2.54. The van der Waals surface area contributed by atoms with Crippen molar-refractivity contribution in [1.29, 1.82) is 0 Å². The number of nitrogens with one attached hydrogen (secondary N) is 3. The molecule has 2 atom stereocenters. The molecule has 1 fully saturated rings. The largest absolute Gasteiger partial charge is 0.346 e. The molecule has 21 heavy (non-hydrogen) atoms. The number of piperazine rings is 1. The van der Waals surface area contributed by atoms with Crippen LogP contribution < -0.4 is 15.5 Å². The van der Waals surface area contributed by atoms with E-state index in [0.29, 0.717) is 19.6 Å². The second kappa shape index (κ2) is 6.72. The van der Waals surface area contributed by atoms with Gasteiger partial charge >= 0.3 is 0 Å². The first-order valence-electron chi connectivity index (χ1n) is 7.42. The van der Waals surface area contributed by atoms with E-state index in [2.05, 4.69) is 42.7 Å². The van der Waals surface area contributed by atoms with E-state index in [1.165, 1.54) is 11.1 Å². The summed E-state index contributed by atoms with van der Waals surface area (Å²) in [6, 6.07) is 6.22. The summed E-state index contributed by atoms with van der Waals surface area (Å²) in [5.74, 6) is 0.0108. The molecule has 5 heteroatoms. The molecule has 1 aromatic carbocycles. The smallest absolute Gasteiger partial charge is 0.275 e. The minimum Gasteiger partial charge on any atom is -0.346 e. The fourth-order valence-corrected chi connectivity index (χ4v) is 2.54. The van der Waals surface area contributed by atoms with Crippen LogP contribution in [0.4, 0.5) is 0 Å². The van der Waals surface area contributed by atoms with Gasteiger partial charge in [-0.1, -0.05) is 18.2 Å². The minimum atomic E-state index is -0.0187. The average molecular weight is 290 g/mol. The summed E-state index contributed by atoms with van der Waals surface area (Å²) < 4.78 is 0. The van der Waals surface area contributed by atoms with Gasteiger partial charge in [0.1, 0.15) is 0 Å². The van der Waals surface area contributed by atoms with Crippen LogP contribution in [0.1, 0.15) is 29.7 Å². The Morgan fingerprint density at radius 2 is 2.14 bits per heavy atom. The molecule has 0 bridgehead atoms. The molecule has 0 spiro atoms. The molecule has 1 aromatic rings. The molecule has 0 aromatic heterocycles. The van der Waals surface area contributed by atoms with Crippen molar-refractivity contribution in [2.24, 2.45) is 0 Å². The van der Waals surface area contributed by atoms with Gasteiger partial charge in [-0.15, -0.1) is 0 Å². The van der Waals surface area contributed by atoms with E-state index in [1.54, 1.807) is 0 Å². The maximum Gasteiger partial charge on any atom is 0.275 e. The third-order valence-corrected chi connectivity index (χ3v) is 4.03. The second-order valence-electron chi connectivity index (χ2n) is 5.84. The van der Waals surface area contributed by atoms with Gasteiger partial charge in [-0.3, -0.25) is 9.59 Å². The summed E-state index contributed by atoms with van der Waals surface area (Å²) in [7, 11) is 0. The number of hydrogen-bond acceptors (Lipinski definition) is 2. The molecule has 5 nitrogen and oxygen atoms in total. The number of amides is 2. The van der Waals surface area contributed by atoms with Crippen LogP contribution in [0.3, 0.4) is 0 Å². The lowest BCUT2D eigenvalue weighted by Crippen LogP contribution is -3.16. The molecule has 1 saturated heterocycles. The zero-order valence-corrected chi connectivity index (χ0v) is 13.0. The Labute approximate surface area is 125 Å². The second-order valence-corrected chi connectivity index (χ2v) is 5.84. The lowest BCUT2D eigenvalue weighted by molar-refractivity contribution is -0.885. The van der Waals surface area contributed by atoms with Gasteiger partial charge in [0, 0.05) is 0 Å². The lowest BCUT2D eigenvalue weighted by atomic mass is 10.0. The van der Waals surface area contributed by atoms with Gasteiger partial charge < -0.3 is 15.5 Å². The summed E-state index contributed by atoms with van der Waals surface area (Å²) in [5.41, 5.74) is 3.59. The zero-order valence-electron chi connectivity index (χ0n) is 13.0. The van der Waals surface area contributed by atoms with Gasteiger partial charge in [-0.2, -0.15) is 0 Å². The predicted molar refractivity (Wildman–Crippen MR) is 81.0 cm³/mol. The van der Waals surface area contributed by atoms with Crippen LogP contribution >= 0.6 is 0 Å². The van der Waals surface area contributed by atoms with Crippen molar-refractivity contribution in [2.45, 2.75) is 26.8 Å². The average Bonchev–Trinajstić information content (AvgIpc) is 2.41. The van der Waals surface area contributed by atoms with E-state index in [-0.39, 0.29) is 17.9 Å². The standard InChI is InChI=1S/C16H23N3O2/c1-11-4-5-14(8-12(11)2)13(3)18-16(21)10-19-7-6-17-15(20)9-19/h4-5,8,13H,6-7,9-10H2,1-3H3,(H,17,20)(H,18,21)/p+1/t13-/m0/s1. The van der Waals surface area contributed by atoms with Gasteiger partial charge in [0.25, 0.3) is 11.8 Å². The van der Waals surface area contributed by atoms with Gasteiger partial charge in [0.05, 0.1) is 19.1 Å². The van der Waals surface area contributed by atoms with Gasteiger partial charge in [-0.25, -0.2) is 0 Å². The van der Waals surface area contributed by atoms with E-state index < -0.39 is 0 Å². The zero-order chi connectivity index (χ0) is 15.4. The first-order chi connectivity index (χ1) is 9.95. The highest BCUT2D eigenvalue weighted by atomic mass is 16.2. The van der Waals surface area contributed by atoms with Crippen molar-refractivity contribution in [1.82, 2.24) is 10.6 Å². The van der Waals surface area contributed by atoms with Crippen LogP contribution in [0, 0.1) is 13.8 Å². The molecule has 0 aliphatic carbocycles. The Morgan fingerprint density at radius 3 is 2.81 bits per heavy atom. The highest BCUT2D eigenvalue weighted by molar-refractivity contribution is 5.79. The summed E-state index contributed by atoms with van der Waals surface area (Å²) in [4.78, 5) is 24.4.